The quantitative estimate of drug-likeness (QED) is 0.738. The number of sulfone groups is 1. The first-order chi connectivity index (χ1) is 11.3. The van der Waals surface area contributed by atoms with Crippen LogP contribution in [0.5, 0.6) is 5.75 Å². The van der Waals surface area contributed by atoms with Crippen molar-refractivity contribution in [3.05, 3.63) is 35.7 Å². The zero-order valence-electron chi connectivity index (χ0n) is 13.1. The van der Waals surface area contributed by atoms with Crippen LogP contribution in [0, 0.1) is 0 Å². The Balaban J connectivity index is 1.71. The second kappa shape index (κ2) is 6.85. The molecule has 0 radical (unpaired) electrons. The molecule has 6 nitrogen and oxygen atoms in total. The molecule has 0 N–H and O–H groups in total. The van der Waals surface area contributed by atoms with Gasteiger partial charge in [0.25, 0.3) is 10.1 Å². The molecule has 3 rings (SSSR count). The molecule has 8 heteroatoms. The fraction of sp³-hybridized carbons (Fsp3) is 0.500. The molecule has 1 aromatic rings. The molecule has 0 bridgehead atoms. The second-order valence-corrected chi connectivity index (χ2v) is 9.60. The lowest BCUT2D eigenvalue weighted by Crippen LogP contribution is -2.21. The van der Waals surface area contributed by atoms with E-state index in [4.69, 9.17) is 8.92 Å². The zero-order chi connectivity index (χ0) is 17.2. The molecule has 1 aliphatic heterocycles. The van der Waals surface area contributed by atoms with E-state index in [9.17, 15) is 16.8 Å². The van der Waals surface area contributed by atoms with E-state index in [1.165, 1.54) is 24.6 Å². The molecule has 1 fully saturated rings. The summed E-state index contributed by atoms with van der Waals surface area (Å²) in [5.74, 6) is 0.131. The predicted octanol–water partition coefficient (Wildman–Crippen LogP) is 2.41. The van der Waals surface area contributed by atoms with E-state index in [1.54, 1.807) is 12.1 Å². The molecule has 132 valence electrons. The Kier molecular flexibility index (Phi) is 4.98. The lowest BCUT2D eigenvalue weighted by atomic mass is 9.98. The molecular weight excluding hydrogens is 352 g/mol. The van der Waals surface area contributed by atoms with Gasteiger partial charge in [-0.3, -0.25) is 4.18 Å². The zero-order valence-corrected chi connectivity index (χ0v) is 14.8. The minimum absolute atomic E-state index is 0.0338. The van der Waals surface area contributed by atoms with Gasteiger partial charge in [-0.25, -0.2) is 8.42 Å². The van der Waals surface area contributed by atoms with Crippen LogP contribution in [0.1, 0.15) is 32.1 Å². The van der Waals surface area contributed by atoms with Gasteiger partial charge in [0, 0.05) is 11.5 Å². The largest absolute Gasteiger partial charge is 0.490 e. The Bertz CT molecular complexity index is 820. The molecule has 24 heavy (non-hydrogen) atoms. The first-order valence-corrected chi connectivity index (χ1v) is 11.1. The van der Waals surface area contributed by atoms with Gasteiger partial charge in [0.05, 0.1) is 16.8 Å². The van der Waals surface area contributed by atoms with Crippen molar-refractivity contribution in [1.29, 1.82) is 0 Å². The van der Waals surface area contributed by atoms with Crippen LogP contribution in [0.4, 0.5) is 0 Å². The van der Waals surface area contributed by atoms with Gasteiger partial charge in [-0.15, -0.1) is 0 Å². The number of hydrogen-bond donors (Lipinski definition) is 0. The van der Waals surface area contributed by atoms with Crippen molar-refractivity contribution in [2.75, 3.05) is 5.75 Å². The van der Waals surface area contributed by atoms with E-state index in [2.05, 4.69) is 0 Å². The Hall–Kier alpha value is -1.38. The second-order valence-electron chi connectivity index (χ2n) is 6.10. The van der Waals surface area contributed by atoms with Crippen molar-refractivity contribution in [3.63, 3.8) is 0 Å². The summed E-state index contributed by atoms with van der Waals surface area (Å²) >= 11 is 0. The smallest absolute Gasteiger partial charge is 0.297 e. The van der Waals surface area contributed by atoms with E-state index < -0.39 is 26.1 Å². The van der Waals surface area contributed by atoms with Crippen molar-refractivity contribution < 1.29 is 25.8 Å². The van der Waals surface area contributed by atoms with Gasteiger partial charge < -0.3 is 4.74 Å². The third kappa shape index (κ3) is 4.37. The molecule has 0 saturated heterocycles. The predicted molar refractivity (Wildman–Crippen MR) is 88.9 cm³/mol. The van der Waals surface area contributed by atoms with E-state index >= 15 is 0 Å². The first kappa shape index (κ1) is 17.4. The average Bonchev–Trinajstić information content (AvgIpc) is 2.87. The van der Waals surface area contributed by atoms with Crippen LogP contribution >= 0.6 is 0 Å². The molecule has 0 aromatic heterocycles. The number of rotatable bonds is 5. The molecular formula is C16H20O6S2. The minimum atomic E-state index is -4.05. The number of hydrogen-bond acceptors (Lipinski definition) is 6. The lowest BCUT2D eigenvalue weighted by molar-refractivity contribution is 0.154. The lowest BCUT2D eigenvalue weighted by Gasteiger charge is -2.23. The van der Waals surface area contributed by atoms with Crippen LogP contribution in [0.3, 0.4) is 0 Å². The maximum atomic E-state index is 12.3. The van der Waals surface area contributed by atoms with Crippen molar-refractivity contribution in [1.82, 2.24) is 0 Å². The standard InChI is InChI=1S/C16H20O6S2/c17-23(18)10-9-15(12-23)22-24(19,20)16-8-4-7-14(11-16)21-13-5-2-1-3-6-13/h4,7-11,13,15H,1-3,5-6,12H2. The van der Waals surface area contributed by atoms with Crippen LogP contribution in [0.15, 0.2) is 40.6 Å². The first-order valence-electron chi connectivity index (χ1n) is 7.95. The third-order valence-electron chi connectivity index (χ3n) is 4.10. The molecule has 1 unspecified atom stereocenters. The highest BCUT2D eigenvalue weighted by molar-refractivity contribution is 7.94. The number of benzene rings is 1. The van der Waals surface area contributed by atoms with Crippen LogP contribution < -0.4 is 4.74 Å². The van der Waals surface area contributed by atoms with Gasteiger partial charge in [-0.05, 0) is 43.9 Å². The SMILES string of the molecule is O=S1(=O)C=CC(OS(=O)(=O)c2cccc(OC3CCCCC3)c2)C1. The van der Waals surface area contributed by atoms with E-state index in [0.29, 0.717) is 5.75 Å². The Morgan fingerprint density at radius 3 is 2.50 bits per heavy atom. The normalized spacial score (nSPS) is 24.1. The topological polar surface area (TPSA) is 86.7 Å². The van der Waals surface area contributed by atoms with Gasteiger partial charge in [-0.1, -0.05) is 12.5 Å². The van der Waals surface area contributed by atoms with E-state index in [0.717, 1.165) is 31.1 Å². The molecule has 1 heterocycles. The van der Waals surface area contributed by atoms with Crippen molar-refractivity contribution in [3.8, 4) is 5.75 Å². The van der Waals surface area contributed by atoms with Crippen LogP contribution in [-0.4, -0.2) is 34.8 Å². The third-order valence-corrected chi connectivity index (χ3v) is 6.79. The molecule has 1 aliphatic carbocycles. The van der Waals surface area contributed by atoms with Gasteiger partial charge in [0.15, 0.2) is 9.84 Å². The fourth-order valence-corrected chi connectivity index (χ4v) is 5.23. The van der Waals surface area contributed by atoms with Gasteiger partial charge in [-0.2, -0.15) is 8.42 Å². The van der Waals surface area contributed by atoms with Crippen LogP contribution in [0.25, 0.3) is 0 Å². The molecule has 1 atom stereocenters. The average molecular weight is 372 g/mol. The summed E-state index contributed by atoms with van der Waals surface area (Å²) < 4.78 is 58.3. The summed E-state index contributed by atoms with van der Waals surface area (Å²) in [6.45, 7) is 0. The summed E-state index contributed by atoms with van der Waals surface area (Å²) in [5.41, 5.74) is 0. The van der Waals surface area contributed by atoms with Crippen LogP contribution in [-0.2, 0) is 24.1 Å². The Labute approximate surface area is 142 Å². The van der Waals surface area contributed by atoms with Gasteiger partial charge >= 0.3 is 0 Å². The van der Waals surface area contributed by atoms with E-state index in [-0.39, 0.29) is 16.8 Å². The van der Waals surface area contributed by atoms with E-state index in [1.807, 2.05) is 0 Å². The maximum Gasteiger partial charge on any atom is 0.297 e. The fourth-order valence-electron chi connectivity index (χ4n) is 2.90. The Morgan fingerprint density at radius 2 is 1.83 bits per heavy atom. The van der Waals surface area contributed by atoms with Crippen molar-refractivity contribution >= 4 is 20.0 Å². The minimum Gasteiger partial charge on any atom is -0.490 e. The summed E-state index contributed by atoms with van der Waals surface area (Å²) in [6, 6.07) is 6.15. The Morgan fingerprint density at radius 1 is 1.08 bits per heavy atom. The van der Waals surface area contributed by atoms with Crippen molar-refractivity contribution in [2.24, 2.45) is 0 Å². The summed E-state index contributed by atoms with van der Waals surface area (Å²) in [5, 5.41) is 0.982. The number of ether oxygens (including phenoxy) is 1. The van der Waals surface area contributed by atoms with Crippen molar-refractivity contribution in [2.45, 2.75) is 49.2 Å². The molecule has 0 spiro atoms. The van der Waals surface area contributed by atoms with Gasteiger partial charge in [0.1, 0.15) is 11.9 Å². The van der Waals surface area contributed by atoms with Gasteiger partial charge in [0.2, 0.25) is 0 Å². The molecule has 1 aromatic carbocycles. The summed E-state index contributed by atoms with van der Waals surface area (Å²) in [4.78, 5) is -0.0338. The molecule has 1 saturated carbocycles. The highest BCUT2D eigenvalue weighted by atomic mass is 32.2. The maximum absolute atomic E-state index is 12.3. The monoisotopic (exact) mass is 372 g/mol. The summed E-state index contributed by atoms with van der Waals surface area (Å²) in [6.07, 6.45) is 5.76. The summed E-state index contributed by atoms with van der Waals surface area (Å²) in [7, 11) is -7.42. The highest BCUT2D eigenvalue weighted by Gasteiger charge is 2.28. The van der Waals surface area contributed by atoms with Crippen LogP contribution in [0.2, 0.25) is 0 Å². The molecule has 0 amide bonds. The highest BCUT2D eigenvalue weighted by Crippen LogP contribution is 2.26. The molecule has 2 aliphatic rings.